The van der Waals surface area contributed by atoms with Gasteiger partial charge in [-0.25, -0.2) is 0 Å². The monoisotopic (exact) mass is 154 g/mol. The zero-order chi connectivity index (χ0) is 8.27. The summed E-state index contributed by atoms with van der Waals surface area (Å²) in [5, 5.41) is 18.7. The van der Waals surface area contributed by atoms with Crippen LogP contribution in [0, 0.1) is 28.0 Å². The molecule has 59 valence electrons. The van der Waals surface area contributed by atoms with E-state index in [9.17, 15) is 10.1 Å². The Bertz CT molecular complexity index is 198. The van der Waals surface area contributed by atoms with Gasteiger partial charge in [0.2, 0.25) is 6.04 Å². The van der Waals surface area contributed by atoms with E-state index in [1.165, 1.54) is 4.90 Å². The molecule has 5 heteroatoms. The summed E-state index contributed by atoms with van der Waals surface area (Å²) in [6.45, 7) is 0.838. The number of hydrogen-bond donors (Lipinski definition) is 0. The van der Waals surface area contributed by atoms with Gasteiger partial charge in [0.1, 0.15) is 0 Å². The minimum atomic E-state index is -0.664. The summed E-state index contributed by atoms with van der Waals surface area (Å²) >= 11 is 0. The molecule has 0 bridgehead atoms. The predicted molar refractivity (Wildman–Crippen MR) is 36.9 cm³/mol. The molecule has 0 N–H and O–H groups in total. The molecule has 1 unspecified atom stereocenters. The van der Waals surface area contributed by atoms with Gasteiger partial charge in [0.25, 0.3) is 0 Å². The van der Waals surface area contributed by atoms with E-state index in [0.29, 0.717) is 13.0 Å². The van der Waals surface area contributed by atoms with Crippen molar-refractivity contribution in [3.8, 4) is 6.19 Å². The lowest BCUT2D eigenvalue weighted by Gasteiger charge is -2.22. The molecular formula is C6H8N3O2. The van der Waals surface area contributed by atoms with Crippen molar-refractivity contribution in [2.75, 3.05) is 13.1 Å². The van der Waals surface area contributed by atoms with E-state index in [0.717, 1.165) is 0 Å². The van der Waals surface area contributed by atoms with Gasteiger partial charge in [-0.15, -0.1) is 0 Å². The Hall–Kier alpha value is -1.31. The molecule has 1 rings (SSSR count). The van der Waals surface area contributed by atoms with Gasteiger partial charge < -0.3 is 4.90 Å². The van der Waals surface area contributed by atoms with Crippen LogP contribution in [0.2, 0.25) is 0 Å². The molecule has 5 nitrogen and oxygen atoms in total. The average Bonchev–Trinajstić information content (AvgIpc) is 2.05. The van der Waals surface area contributed by atoms with Crippen LogP contribution in [0.5, 0.6) is 0 Å². The van der Waals surface area contributed by atoms with Gasteiger partial charge >= 0.3 is 0 Å². The van der Waals surface area contributed by atoms with Crippen molar-refractivity contribution in [3.05, 3.63) is 16.5 Å². The van der Waals surface area contributed by atoms with Gasteiger partial charge in [0.15, 0.2) is 6.19 Å². The van der Waals surface area contributed by atoms with Crippen LogP contribution >= 0.6 is 0 Å². The maximum absolute atomic E-state index is 10.3. The molecule has 1 fully saturated rings. The number of piperidine rings is 1. The largest absolute Gasteiger partial charge is 0.304 e. The topological polar surface area (TPSA) is 70.2 Å². The van der Waals surface area contributed by atoms with Crippen LogP contribution in [0.4, 0.5) is 0 Å². The first kappa shape index (κ1) is 7.79. The second-order valence-corrected chi connectivity index (χ2v) is 2.42. The van der Waals surface area contributed by atoms with E-state index in [1.54, 1.807) is 6.42 Å². The lowest BCUT2D eigenvalue weighted by molar-refractivity contribution is -0.515. The van der Waals surface area contributed by atoms with E-state index >= 15 is 0 Å². The van der Waals surface area contributed by atoms with Crippen molar-refractivity contribution in [3.63, 3.8) is 0 Å². The molecule has 0 aromatic rings. The van der Waals surface area contributed by atoms with Gasteiger partial charge in [-0.05, 0) is 6.42 Å². The normalized spacial score (nSPS) is 24.3. The van der Waals surface area contributed by atoms with Crippen molar-refractivity contribution in [2.24, 2.45) is 0 Å². The first-order valence-corrected chi connectivity index (χ1v) is 3.35. The summed E-state index contributed by atoms with van der Waals surface area (Å²) < 4.78 is 0. The van der Waals surface area contributed by atoms with Crippen molar-refractivity contribution in [1.82, 2.24) is 4.90 Å². The highest BCUT2D eigenvalue weighted by Crippen LogP contribution is 2.09. The SMILES string of the molecule is N#CN1CC[CH]C([N+](=O)[O-])C1. The Morgan fingerprint density at radius 2 is 2.55 bits per heavy atom. The maximum Gasteiger partial charge on any atom is 0.234 e. The van der Waals surface area contributed by atoms with Crippen molar-refractivity contribution < 1.29 is 4.92 Å². The van der Waals surface area contributed by atoms with Gasteiger partial charge in [-0.3, -0.25) is 10.1 Å². The number of hydrogen-bond acceptors (Lipinski definition) is 4. The van der Waals surface area contributed by atoms with Crippen molar-refractivity contribution in [2.45, 2.75) is 12.5 Å². The molecule has 1 aliphatic heterocycles. The molecule has 1 atom stereocenters. The minimum Gasteiger partial charge on any atom is -0.304 e. The summed E-state index contributed by atoms with van der Waals surface area (Å²) in [5.41, 5.74) is 0. The van der Waals surface area contributed by atoms with Crippen molar-refractivity contribution in [1.29, 1.82) is 5.26 Å². The van der Waals surface area contributed by atoms with Crippen LogP contribution in [-0.2, 0) is 0 Å². The third-order valence-electron chi connectivity index (χ3n) is 1.66. The van der Waals surface area contributed by atoms with Gasteiger partial charge in [0, 0.05) is 17.9 Å². The van der Waals surface area contributed by atoms with Gasteiger partial charge in [-0.1, -0.05) is 0 Å². The Balaban J connectivity index is 2.47. The van der Waals surface area contributed by atoms with Crippen molar-refractivity contribution >= 4 is 0 Å². The first-order valence-electron chi connectivity index (χ1n) is 3.35. The summed E-state index contributed by atoms with van der Waals surface area (Å²) in [7, 11) is 0. The van der Waals surface area contributed by atoms with Crippen LogP contribution in [0.3, 0.4) is 0 Å². The Kier molecular flexibility index (Phi) is 2.26. The third kappa shape index (κ3) is 1.80. The Labute approximate surface area is 64.4 Å². The second-order valence-electron chi connectivity index (χ2n) is 2.42. The number of nitrogens with zero attached hydrogens (tertiary/aromatic N) is 3. The molecule has 1 radical (unpaired) electrons. The zero-order valence-electron chi connectivity index (χ0n) is 5.93. The fourth-order valence-electron chi connectivity index (χ4n) is 1.06. The molecule has 1 saturated heterocycles. The summed E-state index contributed by atoms with van der Waals surface area (Å²) in [6, 6.07) is -0.664. The van der Waals surface area contributed by atoms with Crippen LogP contribution in [0.1, 0.15) is 6.42 Å². The van der Waals surface area contributed by atoms with E-state index in [4.69, 9.17) is 5.26 Å². The highest BCUT2D eigenvalue weighted by molar-refractivity contribution is 4.90. The number of likely N-dealkylation sites (tertiary alicyclic amines) is 1. The van der Waals surface area contributed by atoms with Crippen LogP contribution < -0.4 is 0 Å². The molecule has 0 spiro atoms. The second kappa shape index (κ2) is 3.19. The van der Waals surface area contributed by atoms with Gasteiger partial charge in [-0.2, -0.15) is 5.26 Å². The smallest absolute Gasteiger partial charge is 0.234 e. The van der Waals surface area contributed by atoms with Crippen LogP contribution in [0.25, 0.3) is 0 Å². The quantitative estimate of drug-likeness (QED) is 0.303. The maximum atomic E-state index is 10.3. The summed E-state index contributed by atoms with van der Waals surface area (Å²) in [4.78, 5) is 11.3. The predicted octanol–water partition coefficient (Wildman–Crippen LogP) is 0.0228. The molecule has 1 aliphatic rings. The molecule has 0 aromatic carbocycles. The van der Waals surface area contributed by atoms with E-state index in [1.807, 2.05) is 6.19 Å². The van der Waals surface area contributed by atoms with Crippen LogP contribution in [0.15, 0.2) is 0 Å². The van der Waals surface area contributed by atoms with Crippen LogP contribution in [-0.4, -0.2) is 29.0 Å². The molecule has 0 aliphatic carbocycles. The fraction of sp³-hybridized carbons (Fsp3) is 0.667. The van der Waals surface area contributed by atoms with E-state index in [-0.39, 0.29) is 11.5 Å². The summed E-state index contributed by atoms with van der Waals surface area (Å²) in [6.07, 6.45) is 4.17. The zero-order valence-corrected chi connectivity index (χ0v) is 5.93. The number of nitriles is 1. The number of rotatable bonds is 1. The highest BCUT2D eigenvalue weighted by Gasteiger charge is 2.27. The van der Waals surface area contributed by atoms with Gasteiger partial charge in [0.05, 0.1) is 6.54 Å². The molecule has 0 saturated carbocycles. The first-order chi connectivity index (χ1) is 5.24. The summed E-state index contributed by atoms with van der Waals surface area (Å²) in [5.74, 6) is 0. The third-order valence-corrected chi connectivity index (χ3v) is 1.66. The molecule has 0 amide bonds. The number of nitro groups is 1. The lowest BCUT2D eigenvalue weighted by Crippen LogP contribution is -2.39. The highest BCUT2D eigenvalue weighted by atomic mass is 16.6. The average molecular weight is 154 g/mol. The fourth-order valence-corrected chi connectivity index (χ4v) is 1.06. The Morgan fingerprint density at radius 1 is 1.82 bits per heavy atom. The molecular weight excluding hydrogens is 146 g/mol. The Morgan fingerprint density at radius 3 is 3.09 bits per heavy atom. The molecule has 0 aromatic heterocycles. The molecule has 1 heterocycles. The minimum absolute atomic E-state index is 0.226. The van der Waals surface area contributed by atoms with E-state index in [2.05, 4.69) is 0 Å². The molecule has 11 heavy (non-hydrogen) atoms. The lowest BCUT2D eigenvalue weighted by atomic mass is 10.1. The van der Waals surface area contributed by atoms with E-state index < -0.39 is 6.04 Å². The standard InChI is InChI=1S/C6H8N3O2/c7-5-8-3-1-2-6(4-8)9(10)11/h2,6H,1,3-4H2.